The minimum absolute atomic E-state index is 0.00727. The number of thiocarbonyl (C=S) groups is 1. The van der Waals surface area contributed by atoms with Crippen molar-refractivity contribution in [1.29, 1.82) is 0 Å². The second kappa shape index (κ2) is 6.79. The predicted octanol–water partition coefficient (Wildman–Crippen LogP) is 4.50. The minimum atomic E-state index is -4.37. The van der Waals surface area contributed by atoms with E-state index in [4.69, 9.17) is 12.2 Å². The first-order valence-corrected chi connectivity index (χ1v) is 7.04. The summed E-state index contributed by atoms with van der Waals surface area (Å²) >= 11 is 5.11. The second-order valence-electron chi connectivity index (χ2n) is 4.83. The largest absolute Gasteiger partial charge is 0.416 e. The number of nitrogens with one attached hydrogen (secondary N) is 2. The van der Waals surface area contributed by atoms with Crippen LogP contribution in [0.15, 0.2) is 48.5 Å². The van der Waals surface area contributed by atoms with Gasteiger partial charge < -0.3 is 10.6 Å². The molecular weight excluding hydrogens is 309 g/mol. The maximum atomic E-state index is 12.9. The van der Waals surface area contributed by atoms with Crippen LogP contribution in [0.3, 0.4) is 0 Å². The Labute approximate surface area is 132 Å². The summed E-state index contributed by atoms with van der Waals surface area (Å²) < 4.78 is 38.7. The zero-order valence-electron chi connectivity index (χ0n) is 11.9. The van der Waals surface area contributed by atoms with Crippen molar-refractivity contribution >= 4 is 23.0 Å². The van der Waals surface area contributed by atoms with Crippen LogP contribution in [0.4, 0.5) is 18.9 Å². The van der Waals surface area contributed by atoms with E-state index < -0.39 is 11.7 Å². The molecule has 0 bridgehead atoms. The van der Waals surface area contributed by atoms with E-state index in [1.54, 1.807) is 6.07 Å². The summed E-state index contributed by atoms with van der Waals surface area (Å²) in [4.78, 5) is 0. The van der Waals surface area contributed by atoms with Gasteiger partial charge in [-0.15, -0.1) is 0 Å². The van der Waals surface area contributed by atoms with Gasteiger partial charge in [-0.2, -0.15) is 13.2 Å². The van der Waals surface area contributed by atoms with Crippen LogP contribution in [0, 0.1) is 6.92 Å². The van der Waals surface area contributed by atoms with Crippen LogP contribution in [0.25, 0.3) is 0 Å². The number of rotatable bonds is 3. The number of aryl methyl sites for hydroxylation is 1. The van der Waals surface area contributed by atoms with Gasteiger partial charge in [-0.05, 0) is 48.5 Å². The third kappa shape index (κ3) is 4.46. The van der Waals surface area contributed by atoms with Crippen molar-refractivity contribution in [2.45, 2.75) is 19.6 Å². The fourth-order valence-corrected chi connectivity index (χ4v) is 2.21. The topological polar surface area (TPSA) is 24.1 Å². The Morgan fingerprint density at radius 3 is 2.50 bits per heavy atom. The summed E-state index contributed by atoms with van der Waals surface area (Å²) in [7, 11) is 0. The maximum absolute atomic E-state index is 12.9. The van der Waals surface area contributed by atoms with E-state index in [2.05, 4.69) is 10.6 Å². The summed E-state index contributed by atoms with van der Waals surface area (Å²) in [5.41, 5.74) is 1.36. The summed E-state index contributed by atoms with van der Waals surface area (Å²) in [6, 6.07) is 13.0. The molecule has 2 N–H and O–H groups in total. The van der Waals surface area contributed by atoms with E-state index in [0.29, 0.717) is 0 Å². The molecule has 0 aliphatic heterocycles. The molecule has 0 atom stereocenters. The van der Waals surface area contributed by atoms with Crippen molar-refractivity contribution < 1.29 is 13.2 Å². The number of hydrogen-bond donors (Lipinski definition) is 2. The molecule has 6 heteroatoms. The Hall–Kier alpha value is -2.08. The zero-order chi connectivity index (χ0) is 16.2. The van der Waals surface area contributed by atoms with Gasteiger partial charge in [-0.1, -0.05) is 30.3 Å². The van der Waals surface area contributed by atoms with E-state index >= 15 is 0 Å². The summed E-state index contributed by atoms with van der Waals surface area (Å²) in [5.74, 6) is 0. The van der Waals surface area contributed by atoms with Crippen molar-refractivity contribution in [2.75, 3.05) is 5.32 Å². The molecule has 0 radical (unpaired) electrons. The first-order valence-electron chi connectivity index (χ1n) is 6.63. The fourth-order valence-electron chi connectivity index (χ4n) is 2.02. The van der Waals surface area contributed by atoms with E-state index in [9.17, 15) is 13.2 Å². The van der Waals surface area contributed by atoms with Crippen molar-refractivity contribution in [3.63, 3.8) is 0 Å². The molecule has 0 amide bonds. The van der Waals surface area contributed by atoms with Gasteiger partial charge in [-0.3, -0.25) is 0 Å². The third-order valence-corrected chi connectivity index (χ3v) is 3.28. The van der Waals surface area contributed by atoms with Crippen LogP contribution in [0.1, 0.15) is 16.7 Å². The van der Waals surface area contributed by atoms with Crippen LogP contribution >= 0.6 is 12.2 Å². The van der Waals surface area contributed by atoms with E-state index in [1.807, 2.05) is 31.2 Å². The second-order valence-corrected chi connectivity index (χ2v) is 5.24. The van der Waals surface area contributed by atoms with Crippen molar-refractivity contribution in [2.24, 2.45) is 0 Å². The summed E-state index contributed by atoms with van der Waals surface area (Å²) in [6.45, 7) is 1.95. The van der Waals surface area contributed by atoms with Gasteiger partial charge in [0, 0.05) is 12.2 Å². The highest BCUT2D eigenvalue weighted by atomic mass is 32.1. The molecule has 2 nitrogen and oxygen atoms in total. The monoisotopic (exact) mass is 324 g/mol. The quantitative estimate of drug-likeness (QED) is 0.813. The molecule has 0 saturated carbocycles. The zero-order valence-corrected chi connectivity index (χ0v) is 12.7. The molecule has 2 aromatic rings. The SMILES string of the molecule is Cc1cccc(NC(=S)NCc2ccccc2C(F)(F)F)c1. The van der Waals surface area contributed by atoms with Crippen LogP contribution in [0.2, 0.25) is 0 Å². The van der Waals surface area contributed by atoms with E-state index in [-0.39, 0.29) is 17.2 Å². The average molecular weight is 324 g/mol. The Balaban J connectivity index is 2.00. The van der Waals surface area contributed by atoms with Gasteiger partial charge in [0.15, 0.2) is 5.11 Å². The molecule has 0 aromatic heterocycles. The van der Waals surface area contributed by atoms with Gasteiger partial charge in [-0.25, -0.2) is 0 Å². The van der Waals surface area contributed by atoms with Gasteiger partial charge in [0.25, 0.3) is 0 Å². The van der Waals surface area contributed by atoms with Crippen LogP contribution < -0.4 is 10.6 Å². The predicted molar refractivity (Wildman–Crippen MR) is 85.7 cm³/mol. The summed E-state index contributed by atoms with van der Waals surface area (Å²) in [6.07, 6.45) is -4.37. The van der Waals surface area contributed by atoms with Crippen LogP contribution in [-0.2, 0) is 12.7 Å². The van der Waals surface area contributed by atoms with Crippen molar-refractivity contribution in [3.05, 3.63) is 65.2 Å². The standard InChI is InChI=1S/C16H15F3N2S/c1-11-5-4-7-13(9-11)21-15(22)20-10-12-6-2-3-8-14(12)16(17,18)19/h2-9H,10H2,1H3,(H2,20,21,22). The lowest BCUT2D eigenvalue weighted by molar-refractivity contribution is -0.138. The molecule has 2 aromatic carbocycles. The number of halogens is 3. The molecule has 0 fully saturated rings. The Morgan fingerprint density at radius 1 is 1.09 bits per heavy atom. The Morgan fingerprint density at radius 2 is 1.82 bits per heavy atom. The van der Waals surface area contributed by atoms with Crippen LogP contribution in [0.5, 0.6) is 0 Å². The lowest BCUT2D eigenvalue weighted by atomic mass is 10.1. The third-order valence-electron chi connectivity index (χ3n) is 3.04. The molecule has 2 rings (SSSR count). The summed E-state index contributed by atoms with van der Waals surface area (Å²) in [5, 5.41) is 6.03. The van der Waals surface area contributed by atoms with Gasteiger partial charge in [0.1, 0.15) is 0 Å². The highest BCUT2D eigenvalue weighted by Crippen LogP contribution is 2.31. The lowest BCUT2D eigenvalue weighted by Gasteiger charge is -2.15. The molecule has 22 heavy (non-hydrogen) atoms. The number of hydrogen-bond acceptors (Lipinski definition) is 1. The normalized spacial score (nSPS) is 11.1. The molecule has 0 unspecified atom stereocenters. The first-order chi connectivity index (χ1) is 10.4. The molecule has 0 heterocycles. The average Bonchev–Trinajstić information content (AvgIpc) is 2.44. The van der Waals surface area contributed by atoms with E-state index in [0.717, 1.165) is 17.3 Å². The number of anilines is 1. The molecule has 0 saturated heterocycles. The van der Waals surface area contributed by atoms with E-state index in [1.165, 1.54) is 12.1 Å². The molecule has 116 valence electrons. The van der Waals surface area contributed by atoms with Gasteiger partial charge in [0.05, 0.1) is 5.56 Å². The number of benzene rings is 2. The smallest absolute Gasteiger partial charge is 0.358 e. The van der Waals surface area contributed by atoms with Crippen molar-refractivity contribution in [1.82, 2.24) is 5.32 Å². The molecular formula is C16H15F3N2S. The highest BCUT2D eigenvalue weighted by molar-refractivity contribution is 7.80. The van der Waals surface area contributed by atoms with Gasteiger partial charge in [0.2, 0.25) is 0 Å². The van der Waals surface area contributed by atoms with Crippen molar-refractivity contribution in [3.8, 4) is 0 Å². The highest BCUT2D eigenvalue weighted by Gasteiger charge is 2.32. The lowest BCUT2D eigenvalue weighted by Crippen LogP contribution is -2.28. The molecule has 0 aliphatic carbocycles. The Bertz CT molecular complexity index is 668. The molecule has 0 aliphatic rings. The number of alkyl halides is 3. The maximum Gasteiger partial charge on any atom is 0.416 e. The van der Waals surface area contributed by atoms with Gasteiger partial charge >= 0.3 is 6.18 Å². The van der Waals surface area contributed by atoms with Crippen LogP contribution in [-0.4, -0.2) is 5.11 Å². The Kier molecular flexibility index (Phi) is 5.03. The first kappa shape index (κ1) is 16.3. The molecule has 0 spiro atoms. The fraction of sp³-hybridized carbons (Fsp3) is 0.188. The minimum Gasteiger partial charge on any atom is -0.358 e.